The SMILES string of the molecule is CCCCOC(=O)c1ccc(NC(=S)NC(=O)c2cc(C)cc(C)c2)cc1. The maximum atomic E-state index is 12.3. The Balaban J connectivity index is 1.91. The molecule has 1 amide bonds. The van der Waals surface area contributed by atoms with Crippen LogP contribution in [0.1, 0.15) is 51.6 Å². The van der Waals surface area contributed by atoms with E-state index in [4.69, 9.17) is 17.0 Å². The van der Waals surface area contributed by atoms with E-state index in [1.54, 1.807) is 24.3 Å². The number of aryl methyl sites for hydroxylation is 2. The number of ether oxygens (including phenoxy) is 1. The number of hydrogen-bond donors (Lipinski definition) is 2. The standard InChI is InChI=1S/C21H24N2O3S/c1-4-5-10-26-20(25)16-6-8-18(9-7-16)22-21(27)23-19(24)17-12-14(2)11-15(3)13-17/h6-9,11-13H,4-5,10H2,1-3H3,(H2,22,23,24,27). The van der Waals surface area contributed by atoms with Crippen molar-refractivity contribution in [1.82, 2.24) is 5.32 Å². The van der Waals surface area contributed by atoms with E-state index in [1.165, 1.54) is 0 Å². The van der Waals surface area contributed by atoms with Crippen LogP contribution in [-0.4, -0.2) is 23.6 Å². The minimum absolute atomic E-state index is 0.192. The molecule has 0 unspecified atom stereocenters. The van der Waals surface area contributed by atoms with Crippen LogP contribution in [0, 0.1) is 13.8 Å². The van der Waals surface area contributed by atoms with E-state index < -0.39 is 0 Å². The van der Waals surface area contributed by atoms with Gasteiger partial charge in [-0.05, 0) is 68.9 Å². The zero-order valence-corrected chi connectivity index (χ0v) is 16.6. The summed E-state index contributed by atoms with van der Waals surface area (Å²) in [6.07, 6.45) is 1.82. The Morgan fingerprint density at radius 2 is 1.63 bits per heavy atom. The molecule has 0 aliphatic rings. The third-order valence-corrected chi connectivity index (χ3v) is 4.02. The van der Waals surface area contributed by atoms with Crippen molar-refractivity contribution >= 4 is 34.9 Å². The zero-order valence-electron chi connectivity index (χ0n) is 15.8. The molecule has 0 atom stereocenters. The van der Waals surface area contributed by atoms with Crippen molar-refractivity contribution in [2.75, 3.05) is 11.9 Å². The fraction of sp³-hybridized carbons (Fsp3) is 0.286. The van der Waals surface area contributed by atoms with Gasteiger partial charge in [-0.2, -0.15) is 0 Å². The lowest BCUT2D eigenvalue weighted by molar-refractivity contribution is 0.0499. The lowest BCUT2D eigenvalue weighted by atomic mass is 10.1. The molecular weight excluding hydrogens is 360 g/mol. The van der Waals surface area contributed by atoms with Gasteiger partial charge in [-0.15, -0.1) is 0 Å². The van der Waals surface area contributed by atoms with Crippen LogP contribution in [0.4, 0.5) is 5.69 Å². The van der Waals surface area contributed by atoms with Crippen LogP contribution in [-0.2, 0) is 4.74 Å². The van der Waals surface area contributed by atoms with E-state index in [0.29, 0.717) is 23.4 Å². The Hall–Kier alpha value is -2.73. The minimum Gasteiger partial charge on any atom is -0.462 e. The summed E-state index contributed by atoms with van der Waals surface area (Å²) in [7, 11) is 0. The highest BCUT2D eigenvalue weighted by Crippen LogP contribution is 2.12. The van der Waals surface area contributed by atoms with E-state index in [9.17, 15) is 9.59 Å². The molecule has 0 radical (unpaired) electrons. The summed E-state index contributed by atoms with van der Waals surface area (Å²) < 4.78 is 5.17. The molecule has 5 nitrogen and oxygen atoms in total. The molecule has 27 heavy (non-hydrogen) atoms. The second-order valence-electron chi connectivity index (χ2n) is 6.35. The monoisotopic (exact) mass is 384 g/mol. The Morgan fingerprint density at radius 1 is 1.00 bits per heavy atom. The van der Waals surface area contributed by atoms with E-state index in [-0.39, 0.29) is 17.0 Å². The van der Waals surface area contributed by atoms with Gasteiger partial charge in [0.25, 0.3) is 5.91 Å². The van der Waals surface area contributed by atoms with Crippen LogP contribution in [0.25, 0.3) is 0 Å². The van der Waals surface area contributed by atoms with Gasteiger partial charge in [0.2, 0.25) is 0 Å². The summed E-state index contributed by atoms with van der Waals surface area (Å²) in [5.74, 6) is -0.615. The fourth-order valence-electron chi connectivity index (χ4n) is 2.53. The van der Waals surface area contributed by atoms with E-state index in [1.807, 2.05) is 39.0 Å². The summed E-state index contributed by atoms with van der Waals surface area (Å²) in [5.41, 5.74) is 3.73. The highest BCUT2D eigenvalue weighted by atomic mass is 32.1. The number of carbonyl (C=O) groups is 2. The average Bonchev–Trinajstić information content (AvgIpc) is 2.61. The van der Waals surface area contributed by atoms with Crippen LogP contribution >= 0.6 is 12.2 Å². The second kappa shape index (κ2) is 9.83. The predicted molar refractivity (Wildman–Crippen MR) is 111 cm³/mol. The molecule has 0 aromatic heterocycles. The topological polar surface area (TPSA) is 67.4 Å². The Kier molecular flexibility index (Phi) is 7.49. The molecule has 0 aliphatic heterocycles. The van der Waals surface area contributed by atoms with E-state index in [2.05, 4.69) is 10.6 Å². The molecule has 142 valence electrons. The van der Waals surface area contributed by atoms with Gasteiger partial charge in [0, 0.05) is 11.3 Å². The van der Waals surface area contributed by atoms with Crippen molar-refractivity contribution in [2.45, 2.75) is 33.6 Å². The van der Waals surface area contributed by atoms with Crippen LogP contribution in [0.2, 0.25) is 0 Å². The van der Waals surface area contributed by atoms with Crippen LogP contribution in [0.3, 0.4) is 0 Å². The second-order valence-corrected chi connectivity index (χ2v) is 6.76. The number of hydrogen-bond acceptors (Lipinski definition) is 4. The minimum atomic E-state index is -0.347. The quantitative estimate of drug-likeness (QED) is 0.439. The molecule has 6 heteroatoms. The Labute approximate surface area is 165 Å². The summed E-state index contributed by atoms with van der Waals surface area (Å²) in [6.45, 7) is 6.34. The fourth-order valence-corrected chi connectivity index (χ4v) is 2.74. The van der Waals surface area contributed by atoms with Gasteiger partial charge in [-0.1, -0.05) is 30.5 Å². The van der Waals surface area contributed by atoms with Gasteiger partial charge < -0.3 is 10.1 Å². The Morgan fingerprint density at radius 3 is 2.22 bits per heavy atom. The van der Waals surface area contributed by atoms with Crippen LogP contribution in [0.15, 0.2) is 42.5 Å². The van der Waals surface area contributed by atoms with Crippen molar-refractivity contribution in [3.63, 3.8) is 0 Å². The van der Waals surface area contributed by atoms with Crippen LogP contribution < -0.4 is 10.6 Å². The van der Waals surface area contributed by atoms with Crippen molar-refractivity contribution in [2.24, 2.45) is 0 Å². The molecule has 0 aliphatic carbocycles. The van der Waals surface area contributed by atoms with E-state index in [0.717, 1.165) is 24.0 Å². The molecule has 0 spiro atoms. The first-order valence-corrected chi connectivity index (χ1v) is 9.27. The Bertz CT molecular complexity index is 812. The average molecular weight is 385 g/mol. The number of nitrogens with one attached hydrogen (secondary N) is 2. The molecule has 2 N–H and O–H groups in total. The first-order valence-electron chi connectivity index (χ1n) is 8.87. The van der Waals surface area contributed by atoms with E-state index >= 15 is 0 Å². The number of esters is 1. The van der Waals surface area contributed by atoms with Crippen molar-refractivity contribution in [3.8, 4) is 0 Å². The number of anilines is 1. The predicted octanol–water partition coefficient (Wildman–Crippen LogP) is 4.39. The maximum absolute atomic E-state index is 12.3. The van der Waals surface area contributed by atoms with Gasteiger partial charge in [0.05, 0.1) is 12.2 Å². The number of rotatable bonds is 6. The number of amides is 1. The molecule has 0 fully saturated rings. The normalized spacial score (nSPS) is 10.2. The largest absolute Gasteiger partial charge is 0.462 e. The molecule has 2 aromatic rings. The molecule has 0 saturated carbocycles. The van der Waals surface area contributed by atoms with Gasteiger partial charge in [-0.25, -0.2) is 4.79 Å². The van der Waals surface area contributed by atoms with Gasteiger partial charge >= 0.3 is 5.97 Å². The first kappa shape index (κ1) is 20.6. The van der Waals surface area contributed by atoms with Crippen LogP contribution in [0.5, 0.6) is 0 Å². The van der Waals surface area contributed by atoms with Gasteiger partial charge in [0.15, 0.2) is 5.11 Å². The molecule has 0 saturated heterocycles. The van der Waals surface area contributed by atoms with Crippen molar-refractivity contribution in [1.29, 1.82) is 0 Å². The summed E-state index contributed by atoms with van der Waals surface area (Å²) in [4.78, 5) is 24.2. The summed E-state index contributed by atoms with van der Waals surface area (Å²) >= 11 is 5.20. The number of unbranched alkanes of at least 4 members (excludes halogenated alkanes) is 1. The van der Waals surface area contributed by atoms with Gasteiger partial charge in [-0.3, -0.25) is 10.1 Å². The summed E-state index contributed by atoms with van der Waals surface area (Å²) in [5, 5.41) is 5.79. The molecule has 2 rings (SSSR count). The third kappa shape index (κ3) is 6.49. The lowest BCUT2D eigenvalue weighted by Gasteiger charge is -2.11. The molecular formula is C21H24N2O3S. The molecule has 0 bridgehead atoms. The highest BCUT2D eigenvalue weighted by molar-refractivity contribution is 7.80. The van der Waals surface area contributed by atoms with Crippen molar-refractivity contribution < 1.29 is 14.3 Å². The number of thiocarbonyl (C=S) groups is 1. The third-order valence-electron chi connectivity index (χ3n) is 3.82. The molecule has 2 aromatic carbocycles. The molecule has 0 heterocycles. The maximum Gasteiger partial charge on any atom is 0.338 e. The number of benzene rings is 2. The van der Waals surface area contributed by atoms with Gasteiger partial charge in [0.1, 0.15) is 0 Å². The lowest BCUT2D eigenvalue weighted by Crippen LogP contribution is -2.34. The summed E-state index contributed by atoms with van der Waals surface area (Å²) in [6, 6.07) is 12.4. The highest BCUT2D eigenvalue weighted by Gasteiger charge is 2.10. The smallest absolute Gasteiger partial charge is 0.338 e. The number of carbonyl (C=O) groups excluding carboxylic acids is 2. The zero-order chi connectivity index (χ0) is 19.8. The first-order chi connectivity index (χ1) is 12.9. The van der Waals surface area contributed by atoms with Crippen molar-refractivity contribution in [3.05, 3.63) is 64.7 Å².